The Bertz CT molecular complexity index is 1160. The standard InChI is InChI=1S/C21H18ClFN2O4S/c1-29-20-10-6-5-9-19(20)24-21(26)14-25(15-11-12-18(23)17(22)13-15)30(27,28)16-7-3-2-4-8-16/h2-13H,14H2,1H3,(H,24,26). The summed E-state index contributed by atoms with van der Waals surface area (Å²) in [5.41, 5.74) is 0.444. The van der Waals surface area contributed by atoms with Gasteiger partial charge in [-0.3, -0.25) is 9.10 Å². The molecule has 1 amide bonds. The van der Waals surface area contributed by atoms with Crippen molar-refractivity contribution in [3.05, 3.63) is 83.6 Å². The van der Waals surface area contributed by atoms with Gasteiger partial charge in [-0.25, -0.2) is 12.8 Å². The number of nitrogens with one attached hydrogen (secondary N) is 1. The van der Waals surface area contributed by atoms with Crippen molar-refractivity contribution < 1.29 is 22.3 Å². The van der Waals surface area contributed by atoms with E-state index in [1.54, 1.807) is 42.5 Å². The summed E-state index contributed by atoms with van der Waals surface area (Å²) in [4.78, 5) is 12.7. The quantitative estimate of drug-likeness (QED) is 0.584. The molecule has 1 N–H and O–H groups in total. The van der Waals surface area contributed by atoms with Gasteiger partial charge in [0.2, 0.25) is 5.91 Å². The molecule has 3 aromatic rings. The first-order chi connectivity index (χ1) is 14.3. The van der Waals surface area contributed by atoms with E-state index in [0.717, 1.165) is 16.4 Å². The van der Waals surface area contributed by atoms with Crippen molar-refractivity contribution in [1.82, 2.24) is 0 Å². The molecular weight excluding hydrogens is 431 g/mol. The summed E-state index contributed by atoms with van der Waals surface area (Å²) in [6.45, 7) is -0.558. The predicted molar refractivity (Wildman–Crippen MR) is 114 cm³/mol. The summed E-state index contributed by atoms with van der Waals surface area (Å²) in [6.07, 6.45) is 0. The molecule has 0 radical (unpaired) electrons. The maximum Gasteiger partial charge on any atom is 0.264 e. The van der Waals surface area contributed by atoms with Crippen LogP contribution in [0.3, 0.4) is 0 Å². The van der Waals surface area contributed by atoms with Crippen LogP contribution >= 0.6 is 11.6 Å². The maximum absolute atomic E-state index is 13.6. The molecule has 0 aliphatic carbocycles. The van der Waals surface area contributed by atoms with Gasteiger partial charge >= 0.3 is 0 Å². The van der Waals surface area contributed by atoms with Crippen molar-refractivity contribution >= 4 is 38.9 Å². The Morgan fingerprint density at radius 3 is 2.40 bits per heavy atom. The second kappa shape index (κ2) is 9.15. The molecule has 6 nitrogen and oxygen atoms in total. The smallest absolute Gasteiger partial charge is 0.264 e. The first-order valence-corrected chi connectivity index (χ1v) is 10.6. The molecule has 0 spiro atoms. The third-order valence-electron chi connectivity index (χ3n) is 4.19. The lowest BCUT2D eigenvalue weighted by Gasteiger charge is -2.24. The number of hydrogen-bond acceptors (Lipinski definition) is 4. The lowest BCUT2D eigenvalue weighted by Crippen LogP contribution is -2.38. The highest BCUT2D eigenvalue weighted by Gasteiger charge is 2.28. The number of halogens is 2. The summed E-state index contributed by atoms with van der Waals surface area (Å²) < 4.78 is 46.1. The van der Waals surface area contributed by atoms with Crippen LogP contribution in [0.4, 0.5) is 15.8 Å². The Labute approximate surface area is 178 Å². The monoisotopic (exact) mass is 448 g/mol. The highest BCUT2D eigenvalue weighted by molar-refractivity contribution is 7.92. The molecule has 0 unspecified atom stereocenters. The van der Waals surface area contributed by atoms with E-state index in [2.05, 4.69) is 5.32 Å². The van der Waals surface area contributed by atoms with Crippen LogP contribution in [0.1, 0.15) is 0 Å². The van der Waals surface area contributed by atoms with Gasteiger partial charge in [-0.15, -0.1) is 0 Å². The van der Waals surface area contributed by atoms with Crippen molar-refractivity contribution in [2.24, 2.45) is 0 Å². The van der Waals surface area contributed by atoms with Gasteiger partial charge in [-0.1, -0.05) is 41.9 Å². The molecule has 9 heteroatoms. The minimum Gasteiger partial charge on any atom is -0.495 e. The maximum atomic E-state index is 13.6. The van der Waals surface area contributed by atoms with Gasteiger partial charge in [-0.05, 0) is 42.5 Å². The fourth-order valence-electron chi connectivity index (χ4n) is 2.74. The number of carbonyl (C=O) groups is 1. The summed E-state index contributed by atoms with van der Waals surface area (Å²) in [6, 6.07) is 17.8. The number of rotatable bonds is 7. The number of methoxy groups -OCH3 is 1. The van der Waals surface area contributed by atoms with Crippen LogP contribution in [0.25, 0.3) is 0 Å². The number of hydrogen-bond donors (Lipinski definition) is 1. The second-order valence-electron chi connectivity index (χ2n) is 6.17. The van der Waals surface area contributed by atoms with Gasteiger partial charge in [0.05, 0.1) is 28.4 Å². The molecule has 0 aliphatic heterocycles. The van der Waals surface area contributed by atoms with E-state index in [1.165, 1.54) is 25.3 Å². The van der Waals surface area contributed by atoms with Crippen LogP contribution in [0.15, 0.2) is 77.7 Å². The number of sulfonamides is 1. The number of anilines is 2. The molecule has 0 heterocycles. The summed E-state index contributed by atoms with van der Waals surface area (Å²) in [7, 11) is -2.67. The Morgan fingerprint density at radius 2 is 1.73 bits per heavy atom. The number of amides is 1. The number of ether oxygens (including phenoxy) is 1. The third kappa shape index (κ3) is 4.72. The Morgan fingerprint density at radius 1 is 1.07 bits per heavy atom. The van der Waals surface area contributed by atoms with Gasteiger partial charge in [0.15, 0.2) is 0 Å². The fraction of sp³-hybridized carbons (Fsp3) is 0.0952. The van der Waals surface area contributed by atoms with Gasteiger partial charge in [0.1, 0.15) is 18.1 Å². The second-order valence-corrected chi connectivity index (χ2v) is 8.44. The number of carbonyl (C=O) groups excluding carboxylic acids is 1. The predicted octanol–water partition coefficient (Wildman–Crippen LogP) is 4.32. The lowest BCUT2D eigenvalue weighted by molar-refractivity contribution is -0.114. The molecule has 156 valence electrons. The Kier molecular flexibility index (Phi) is 6.59. The Hall–Kier alpha value is -3.10. The molecule has 3 aromatic carbocycles. The average molecular weight is 449 g/mol. The highest BCUT2D eigenvalue weighted by Crippen LogP contribution is 2.28. The number of para-hydroxylation sites is 2. The first kappa shape index (κ1) is 21.6. The summed E-state index contributed by atoms with van der Waals surface area (Å²) in [5, 5.41) is 2.38. The van der Waals surface area contributed by atoms with Crippen molar-refractivity contribution in [3.8, 4) is 5.75 Å². The zero-order chi connectivity index (χ0) is 21.7. The van der Waals surface area contributed by atoms with E-state index in [0.29, 0.717) is 11.4 Å². The van der Waals surface area contributed by atoms with Crippen LogP contribution in [-0.2, 0) is 14.8 Å². The van der Waals surface area contributed by atoms with E-state index in [1.807, 2.05) is 0 Å². The first-order valence-electron chi connectivity index (χ1n) is 8.78. The molecule has 3 rings (SSSR count). The molecular formula is C21H18ClFN2O4S. The zero-order valence-electron chi connectivity index (χ0n) is 15.9. The van der Waals surface area contributed by atoms with E-state index >= 15 is 0 Å². The average Bonchev–Trinajstić information content (AvgIpc) is 2.75. The minimum absolute atomic E-state index is 0.0180. The van der Waals surface area contributed by atoms with Gasteiger partial charge < -0.3 is 10.1 Å². The summed E-state index contributed by atoms with van der Waals surface area (Å²) >= 11 is 5.85. The van der Waals surface area contributed by atoms with Gasteiger partial charge in [-0.2, -0.15) is 0 Å². The van der Waals surface area contributed by atoms with Crippen molar-refractivity contribution in [3.63, 3.8) is 0 Å². The molecule has 0 fully saturated rings. The molecule has 0 atom stereocenters. The van der Waals surface area contributed by atoms with Crippen LogP contribution in [-0.4, -0.2) is 28.0 Å². The summed E-state index contributed by atoms with van der Waals surface area (Å²) in [5.74, 6) is -0.886. The molecule has 0 aromatic heterocycles. The van der Waals surface area contributed by atoms with E-state index in [9.17, 15) is 17.6 Å². The molecule has 0 aliphatic rings. The molecule has 0 saturated carbocycles. The normalized spacial score (nSPS) is 11.0. The van der Waals surface area contributed by atoms with E-state index in [-0.39, 0.29) is 15.6 Å². The van der Waals surface area contributed by atoms with Gasteiger partial charge in [0, 0.05) is 0 Å². The van der Waals surface area contributed by atoms with Crippen LogP contribution < -0.4 is 14.4 Å². The fourth-order valence-corrected chi connectivity index (χ4v) is 4.35. The third-order valence-corrected chi connectivity index (χ3v) is 6.27. The van der Waals surface area contributed by atoms with Crippen LogP contribution in [0.5, 0.6) is 5.75 Å². The van der Waals surface area contributed by atoms with Crippen molar-refractivity contribution in [2.75, 3.05) is 23.3 Å². The van der Waals surface area contributed by atoms with Crippen molar-refractivity contribution in [2.45, 2.75) is 4.90 Å². The lowest BCUT2D eigenvalue weighted by atomic mass is 10.3. The molecule has 30 heavy (non-hydrogen) atoms. The Balaban J connectivity index is 1.97. The topological polar surface area (TPSA) is 75.7 Å². The number of nitrogens with zero attached hydrogens (tertiary/aromatic N) is 1. The SMILES string of the molecule is COc1ccccc1NC(=O)CN(c1ccc(F)c(Cl)c1)S(=O)(=O)c1ccccc1. The van der Waals surface area contributed by atoms with Crippen molar-refractivity contribution in [1.29, 1.82) is 0 Å². The zero-order valence-corrected chi connectivity index (χ0v) is 17.5. The van der Waals surface area contributed by atoms with Crippen LogP contribution in [0, 0.1) is 5.82 Å². The van der Waals surface area contributed by atoms with Gasteiger partial charge in [0.25, 0.3) is 10.0 Å². The molecule has 0 bridgehead atoms. The van der Waals surface area contributed by atoms with E-state index in [4.69, 9.17) is 16.3 Å². The molecule has 0 saturated heterocycles. The van der Waals surface area contributed by atoms with E-state index < -0.39 is 28.3 Å². The van der Waals surface area contributed by atoms with Crippen LogP contribution in [0.2, 0.25) is 5.02 Å². The highest BCUT2D eigenvalue weighted by atomic mass is 35.5. The minimum atomic E-state index is -4.13. The largest absolute Gasteiger partial charge is 0.495 e. The number of benzene rings is 3.